The highest BCUT2D eigenvalue weighted by Gasteiger charge is 2.07. The number of imidazole rings is 1. The Bertz CT molecular complexity index is 844. The molecule has 3 aromatic rings. The molecular formula is C19H20ClN3O2. The van der Waals surface area contributed by atoms with Crippen molar-refractivity contribution in [2.24, 2.45) is 0 Å². The quantitative estimate of drug-likeness (QED) is 0.536. The van der Waals surface area contributed by atoms with Gasteiger partial charge in [-0.25, -0.2) is 4.98 Å². The molecule has 3 N–H and O–H groups in total. The molecule has 0 saturated heterocycles. The van der Waals surface area contributed by atoms with Crippen LogP contribution >= 0.6 is 12.4 Å². The maximum atomic E-state index is 11.2. The number of aromatic nitrogens is 2. The van der Waals surface area contributed by atoms with Crippen molar-refractivity contribution < 1.29 is 9.53 Å². The Labute approximate surface area is 152 Å². The number of hydrogen-bond acceptors (Lipinski definition) is 4. The molecule has 0 spiro atoms. The molecule has 1 heterocycles. The minimum Gasteiger partial charge on any atom is -0.469 e. The molecular weight excluding hydrogens is 338 g/mol. The lowest BCUT2D eigenvalue weighted by Gasteiger charge is -2.03. The van der Waals surface area contributed by atoms with Gasteiger partial charge in [-0.1, -0.05) is 36.4 Å². The van der Waals surface area contributed by atoms with Crippen molar-refractivity contribution >= 4 is 24.1 Å². The molecule has 0 saturated carbocycles. The van der Waals surface area contributed by atoms with E-state index in [4.69, 9.17) is 5.73 Å². The largest absolute Gasteiger partial charge is 0.469 e. The lowest BCUT2D eigenvalue weighted by atomic mass is 10.1. The number of nitrogens with zero attached hydrogens (tertiary/aromatic N) is 1. The van der Waals surface area contributed by atoms with Crippen LogP contribution in [0.25, 0.3) is 22.6 Å². The maximum Gasteiger partial charge on any atom is 0.305 e. The second kappa shape index (κ2) is 8.35. The van der Waals surface area contributed by atoms with E-state index in [9.17, 15) is 4.79 Å². The fourth-order valence-electron chi connectivity index (χ4n) is 2.50. The van der Waals surface area contributed by atoms with Gasteiger partial charge in [0.15, 0.2) is 0 Å². The third-order valence-corrected chi connectivity index (χ3v) is 3.85. The van der Waals surface area contributed by atoms with E-state index < -0.39 is 0 Å². The number of nitrogen functional groups attached to an aromatic ring is 1. The molecule has 0 aliphatic heterocycles. The highest BCUT2D eigenvalue weighted by atomic mass is 35.5. The highest BCUT2D eigenvalue weighted by molar-refractivity contribution is 5.85. The molecule has 5 nitrogen and oxygen atoms in total. The summed E-state index contributed by atoms with van der Waals surface area (Å²) in [6.07, 6.45) is 2.85. The summed E-state index contributed by atoms with van der Waals surface area (Å²) in [5.41, 5.74) is 10.6. The number of rotatable bonds is 5. The van der Waals surface area contributed by atoms with Gasteiger partial charge in [0, 0.05) is 23.2 Å². The summed E-state index contributed by atoms with van der Waals surface area (Å²) in [5.74, 6) is 0.601. The van der Waals surface area contributed by atoms with E-state index in [2.05, 4.69) is 14.7 Å². The molecule has 0 fully saturated rings. The van der Waals surface area contributed by atoms with Gasteiger partial charge in [-0.05, 0) is 24.1 Å². The molecule has 25 heavy (non-hydrogen) atoms. The first-order valence-corrected chi connectivity index (χ1v) is 7.73. The van der Waals surface area contributed by atoms with Crippen molar-refractivity contribution in [1.29, 1.82) is 0 Å². The van der Waals surface area contributed by atoms with Gasteiger partial charge < -0.3 is 15.5 Å². The Balaban J connectivity index is 0.00000225. The molecule has 2 aromatic carbocycles. The Hall–Kier alpha value is -2.79. The summed E-state index contributed by atoms with van der Waals surface area (Å²) in [5, 5.41) is 0. The van der Waals surface area contributed by atoms with Crippen LogP contribution in [0, 0.1) is 0 Å². The van der Waals surface area contributed by atoms with E-state index in [1.54, 1.807) is 6.20 Å². The van der Waals surface area contributed by atoms with E-state index in [0.717, 1.165) is 33.9 Å². The standard InChI is InChI=1S/C19H19N3O2.ClH/c1-24-18(23)10-7-13-5-8-14(9-6-13)19-21-12-17(22-19)15-3-2-4-16(20)11-15;/h2-6,8-9,11-12H,7,10,20H2,1H3,(H,21,22);1H. The van der Waals surface area contributed by atoms with Crippen LogP contribution in [0.4, 0.5) is 5.69 Å². The van der Waals surface area contributed by atoms with Crippen LogP contribution in [-0.2, 0) is 16.0 Å². The smallest absolute Gasteiger partial charge is 0.305 e. The van der Waals surface area contributed by atoms with E-state index in [1.165, 1.54) is 7.11 Å². The molecule has 0 aliphatic rings. The minimum atomic E-state index is -0.197. The van der Waals surface area contributed by atoms with Crippen molar-refractivity contribution in [3.63, 3.8) is 0 Å². The van der Waals surface area contributed by atoms with Gasteiger partial charge in [0.2, 0.25) is 0 Å². The van der Waals surface area contributed by atoms with Gasteiger partial charge >= 0.3 is 5.97 Å². The number of carbonyl (C=O) groups excluding carboxylic acids is 1. The zero-order valence-corrected chi connectivity index (χ0v) is 14.7. The number of aromatic amines is 1. The monoisotopic (exact) mass is 357 g/mol. The number of anilines is 1. The highest BCUT2D eigenvalue weighted by Crippen LogP contribution is 2.23. The SMILES string of the molecule is COC(=O)CCc1ccc(-c2ncc(-c3cccc(N)c3)[nH]2)cc1.Cl. The van der Waals surface area contributed by atoms with Gasteiger partial charge in [0.05, 0.1) is 19.0 Å². The lowest BCUT2D eigenvalue weighted by Crippen LogP contribution is -2.01. The minimum absolute atomic E-state index is 0. The number of hydrogen-bond donors (Lipinski definition) is 2. The summed E-state index contributed by atoms with van der Waals surface area (Å²) in [7, 11) is 1.40. The number of ether oxygens (including phenoxy) is 1. The lowest BCUT2D eigenvalue weighted by molar-refractivity contribution is -0.140. The molecule has 0 atom stereocenters. The number of benzene rings is 2. The number of aryl methyl sites for hydroxylation is 1. The van der Waals surface area contributed by atoms with Gasteiger partial charge in [-0.15, -0.1) is 12.4 Å². The van der Waals surface area contributed by atoms with E-state index >= 15 is 0 Å². The fourth-order valence-corrected chi connectivity index (χ4v) is 2.50. The average molecular weight is 358 g/mol. The van der Waals surface area contributed by atoms with Crippen LogP contribution in [0.2, 0.25) is 0 Å². The maximum absolute atomic E-state index is 11.2. The van der Waals surface area contributed by atoms with Crippen LogP contribution in [-0.4, -0.2) is 23.0 Å². The summed E-state index contributed by atoms with van der Waals surface area (Å²) >= 11 is 0. The molecule has 0 unspecified atom stereocenters. The van der Waals surface area contributed by atoms with Gasteiger partial charge in [0.1, 0.15) is 5.82 Å². The van der Waals surface area contributed by atoms with Gasteiger partial charge in [0.25, 0.3) is 0 Å². The predicted octanol–water partition coefficient (Wildman–Crippen LogP) is 3.85. The third-order valence-electron chi connectivity index (χ3n) is 3.85. The summed E-state index contributed by atoms with van der Waals surface area (Å²) in [6, 6.07) is 15.7. The van der Waals surface area contributed by atoms with Crippen LogP contribution in [0.3, 0.4) is 0 Å². The molecule has 3 rings (SSSR count). The molecule has 0 aliphatic carbocycles. The summed E-state index contributed by atoms with van der Waals surface area (Å²) in [6.45, 7) is 0. The average Bonchev–Trinajstić information content (AvgIpc) is 3.10. The number of nitrogens with one attached hydrogen (secondary N) is 1. The number of nitrogens with two attached hydrogens (primary N) is 1. The number of esters is 1. The Morgan fingerprint density at radius 3 is 2.60 bits per heavy atom. The van der Waals surface area contributed by atoms with Crippen molar-refractivity contribution in [2.45, 2.75) is 12.8 Å². The topological polar surface area (TPSA) is 81.0 Å². The molecule has 130 valence electrons. The predicted molar refractivity (Wildman–Crippen MR) is 101 cm³/mol. The summed E-state index contributed by atoms with van der Waals surface area (Å²) in [4.78, 5) is 18.9. The second-order valence-corrected chi connectivity index (χ2v) is 5.54. The van der Waals surface area contributed by atoms with Crippen LogP contribution in [0.15, 0.2) is 54.7 Å². The second-order valence-electron chi connectivity index (χ2n) is 5.54. The van der Waals surface area contributed by atoms with E-state index in [1.807, 2.05) is 48.5 Å². The van der Waals surface area contributed by atoms with Crippen molar-refractivity contribution in [2.75, 3.05) is 12.8 Å². The number of methoxy groups -OCH3 is 1. The van der Waals surface area contributed by atoms with Crippen molar-refractivity contribution in [1.82, 2.24) is 9.97 Å². The molecule has 6 heteroatoms. The van der Waals surface area contributed by atoms with Gasteiger partial charge in [-0.3, -0.25) is 4.79 Å². The van der Waals surface area contributed by atoms with Gasteiger partial charge in [-0.2, -0.15) is 0 Å². The number of carbonyl (C=O) groups is 1. The first kappa shape index (κ1) is 18.5. The Morgan fingerprint density at radius 1 is 1.16 bits per heavy atom. The van der Waals surface area contributed by atoms with Crippen molar-refractivity contribution in [3.8, 4) is 22.6 Å². The fraction of sp³-hybridized carbons (Fsp3) is 0.158. The first-order chi connectivity index (χ1) is 11.7. The van der Waals surface area contributed by atoms with Crippen LogP contribution in [0.5, 0.6) is 0 Å². The third kappa shape index (κ3) is 4.61. The number of halogens is 1. The zero-order chi connectivity index (χ0) is 16.9. The Kier molecular flexibility index (Phi) is 6.19. The Morgan fingerprint density at radius 2 is 1.92 bits per heavy atom. The zero-order valence-electron chi connectivity index (χ0n) is 13.9. The van der Waals surface area contributed by atoms with E-state index in [-0.39, 0.29) is 18.4 Å². The molecule has 0 radical (unpaired) electrons. The van der Waals surface area contributed by atoms with Crippen molar-refractivity contribution in [3.05, 3.63) is 60.3 Å². The molecule has 0 amide bonds. The first-order valence-electron chi connectivity index (χ1n) is 7.73. The summed E-state index contributed by atoms with van der Waals surface area (Å²) < 4.78 is 4.66. The number of H-pyrrole nitrogens is 1. The van der Waals surface area contributed by atoms with Crippen LogP contribution < -0.4 is 5.73 Å². The van der Waals surface area contributed by atoms with Crippen LogP contribution in [0.1, 0.15) is 12.0 Å². The molecule has 1 aromatic heterocycles. The normalized spacial score (nSPS) is 10.1. The van der Waals surface area contributed by atoms with E-state index in [0.29, 0.717) is 12.8 Å². The molecule has 0 bridgehead atoms.